The summed E-state index contributed by atoms with van der Waals surface area (Å²) < 4.78 is 1.21. The minimum absolute atomic E-state index is 0.176. The molecule has 1 aromatic rings. The average molecular weight is 240 g/mol. The van der Waals surface area contributed by atoms with E-state index in [0.29, 0.717) is 0 Å². The monoisotopic (exact) mass is 239 g/mol. The lowest BCUT2D eigenvalue weighted by Gasteiger charge is -2.08. The fraction of sp³-hybridized carbons (Fsp3) is 0.455. The Balaban J connectivity index is 1.97. The van der Waals surface area contributed by atoms with Gasteiger partial charge in [0.2, 0.25) is 0 Å². The van der Waals surface area contributed by atoms with E-state index in [9.17, 15) is 0 Å². The van der Waals surface area contributed by atoms with Crippen LogP contribution in [0, 0.1) is 0 Å². The van der Waals surface area contributed by atoms with Crippen molar-refractivity contribution in [3.8, 4) is 0 Å². The molecule has 0 radical (unpaired) electrons. The van der Waals surface area contributed by atoms with Gasteiger partial charge in [-0.05, 0) is 37.3 Å². The summed E-state index contributed by atoms with van der Waals surface area (Å²) in [6, 6.07) is 8.38. The van der Waals surface area contributed by atoms with Gasteiger partial charge >= 0.3 is 0 Å². The quantitative estimate of drug-likeness (QED) is 0.863. The van der Waals surface area contributed by atoms with Gasteiger partial charge in [-0.2, -0.15) is 0 Å². The second kappa shape index (κ2) is 3.43. The third kappa shape index (κ3) is 2.32. The number of hydrogen-bond donors (Lipinski definition) is 1. The molecule has 0 unspecified atom stereocenters. The van der Waals surface area contributed by atoms with Gasteiger partial charge in [-0.3, -0.25) is 0 Å². The van der Waals surface area contributed by atoms with Gasteiger partial charge in [-0.15, -0.1) is 0 Å². The van der Waals surface area contributed by atoms with Crippen LogP contribution in [0.3, 0.4) is 0 Å². The second-order valence-corrected chi connectivity index (χ2v) is 4.81. The maximum Gasteiger partial charge on any atom is 0.0207 e. The van der Waals surface area contributed by atoms with E-state index in [1.54, 1.807) is 0 Å². The average Bonchev–Trinajstić information content (AvgIpc) is 2.83. The van der Waals surface area contributed by atoms with Crippen molar-refractivity contribution in [2.24, 2.45) is 5.73 Å². The highest BCUT2D eigenvalue weighted by Crippen LogP contribution is 2.37. The van der Waals surface area contributed by atoms with Crippen molar-refractivity contribution >= 4 is 15.9 Å². The zero-order valence-electron chi connectivity index (χ0n) is 7.59. The zero-order chi connectivity index (χ0) is 9.31. The highest BCUT2D eigenvalue weighted by atomic mass is 79.9. The molecule has 13 heavy (non-hydrogen) atoms. The van der Waals surface area contributed by atoms with Crippen LogP contribution >= 0.6 is 15.9 Å². The van der Waals surface area contributed by atoms with Crippen LogP contribution in [-0.4, -0.2) is 5.54 Å². The van der Waals surface area contributed by atoms with Crippen LogP contribution in [0.2, 0.25) is 0 Å². The van der Waals surface area contributed by atoms with E-state index in [0.717, 1.165) is 12.8 Å². The molecule has 0 amide bonds. The molecule has 2 rings (SSSR count). The summed E-state index contributed by atoms with van der Waals surface area (Å²) >= 11 is 3.54. The van der Waals surface area contributed by atoms with Gasteiger partial charge in [-0.25, -0.2) is 0 Å². The predicted octanol–water partition coefficient (Wildman–Crippen LogP) is 2.87. The van der Waals surface area contributed by atoms with Crippen LogP contribution < -0.4 is 5.73 Å². The van der Waals surface area contributed by atoms with E-state index in [-0.39, 0.29) is 5.54 Å². The molecule has 1 nitrogen and oxygen atoms in total. The van der Waals surface area contributed by atoms with Gasteiger partial charge < -0.3 is 5.73 Å². The van der Waals surface area contributed by atoms with E-state index in [2.05, 4.69) is 34.1 Å². The van der Waals surface area contributed by atoms with Crippen molar-refractivity contribution in [1.82, 2.24) is 0 Å². The standard InChI is InChI=1S/C11H14BrN/c12-10-4-2-1-3-9(10)5-6-11(13)7-8-11/h1-4H,5-8,13H2. The first kappa shape index (κ1) is 9.22. The topological polar surface area (TPSA) is 26.0 Å². The van der Waals surface area contributed by atoms with Crippen LogP contribution in [-0.2, 0) is 6.42 Å². The molecule has 1 aliphatic carbocycles. The first-order valence-electron chi connectivity index (χ1n) is 4.72. The predicted molar refractivity (Wildman–Crippen MR) is 58.6 cm³/mol. The molecule has 0 saturated heterocycles. The minimum atomic E-state index is 0.176. The summed E-state index contributed by atoms with van der Waals surface area (Å²) in [5, 5.41) is 0. The molecular formula is C11H14BrN. The molecule has 0 bridgehead atoms. The van der Waals surface area contributed by atoms with Crippen molar-refractivity contribution < 1.29 is 0 Å². The fourth-order valence-electron chi connectivity index (χ4n) is 1.50. The molecule has 2 N–H and O–H groups in total. The number of hydrogen-bond acceptors (Lipinski definition) is 1. The first-order chi connectivity index (χ1) is 6.20. The molecule has 1 aromatic carbocycles. The number of halogens is 1. The van der Waals surface area contributed by atoms with Gasteiger partial charge in [0.15, 0.2) is 0 Å². The Morgan fingerprint density at radius 2 is 2.00 bits per heavy atom. The Bertz CT molecular complexity index is 305. The normalized spacial score (nSPS) is 18.6. The van der Waals surface area contributed by atoms with Gasteiger partial charge in [-0.1, -0.05) is 34.1 Å². The summed E-state index contributed by atoms with van der Waals surface area (Å²) in [6.45, 7) is 0. The number of aryl methyl sites for hydroxylation is 1. The maximum absolute atomic E-state index is 6.03. The maximum atomic E-state index is 6.03. The Kier molecular flexibility index (Phi) is 2.43. The van der Waals surface area contributed by atoms with Crippen molar-refractivity contribution in [3.63, 3.8) is 0 Å². The van der Waals surface area contributed by atoms with Crippen molar-refractivity contribution in [2.75, 3.05) is 0 Å². The Morgan fingerprint density at radius 3 is 2.62 bits per heavy atom. The van der Waals surface area contributed by atoms with E-state index < -0.39 is 0 Å². The molecule has 1 aliphatic rings. The van der Waals surface area contributed by atoms with Crippen molar-refractivity contribution in [3.05, 3.63) is 34.3 Å². The number of benzene rings is 1. The fourth-order valence-corrected chi connectivity index (χ4v) is 1.98. The van der Waals surface area contributed by atoms with Crippen LogP contribution in [0.5, 0.6) is 0 Å². The van der Waals surface area contributed by atoms with Crippen LogP contribution in [0.15, 0.2) is 28.7 Å². The summed E-state index contributed by atoms with van der Waals surface area (Å²) in [6.07, 6.45) is 4.63. The van der Waals surface area contributed by atoms with Gasteiger partial charge in [0.1, 0.15) is 0 Å². The van der Waals surface area contributed by atoms with E-state index in [4.69, 9.17) is 5.73 Å². The Labute approximate surface area is 87.5 Å². The first-order valence-corrected chi connectivity index (χ1v) is 5.51. The lowest BCUT2D eigenvalue weighted by Crippen LogP contribution is -2.22. The molecule has 1 fully saturated rings. The van der Waals surface area contributed by atoms with E-state index >= 15 is 0 Å². The van der Waals surface area contributed by atoms with Gasteiger partial charge in [0.25, 0.3) is 0 Å². The Morgan fingerprint density at radius 1 is 1.31 bits per heavy atom. The highest BCUT2D eigenvalue weighted by Gasteiger charge is 2.37. The Hall–Kier alpha value is -0.340. The molecule has 2 heteroatoms. The van der Waals surface area contributed by atoms with Crippen LogP contribution in [0.1, 0.15) is 24.8 Å². The summed E-state index contributed by atoms with van der Waals surface area (Å²) in [5.74, 6) is 0. The van der Waals surface area contributed by atoms with Gasteiger partial charge in [0.05, 0.1) is 0 Å². The second-order valence-electron chi connectivity index (χ2n) is 3.95. The van der Waals surface area contributed by atoms with Crippen LogP contribution in [0.4, 0.5) is 0 Å². The molecule has 0 aromatic heterocycles. The third-order valence-corrected chi connectivity index (χ3v) is 3.52. The molecule has 0 spiro atoms. The lowest BCUT2D eigenvalue weighted by atomic mass is 10.0. The summed E-state index contributed by atoms with van der Waals surface area (Å²) in [4.78, 5) is 0. The molecule has 0 aliphatic heterocycles. The largest absolute Gasteiger partial charge is 0.325 e. The SMILES string of the molecule is NC1(CCc2ccccc2Br)CC1. The van der Waals surface area contributed by atoms with E-state index in [1.165, 1.54) is 22.9 Å². The molecule has 70 valence electrons. The smallest absolute Gasteiger partial charge is 0.0207 e. The highest BCUT2D eigenvalue weighted by molar-refractivity contribution is 9.10. The van der Waals surface area contributed by atoms with Crippen LogP contribution in [0.25, 0.3) is 0 Å². The minimum Gasteiger partial charge on any atom is -0.325 e. The van der Waals surface area contributed by atoms with Gasteiger partial charge in [0, 0.05) is 10.0 Å². The van der Waals surface area contributed by atoms with Crippen molar-refractivity contribution in [2.45, 2.75) is 31.2 Å². The molecule has 1 saturated carbocycles. The summed E-state index contributed by atoms with van der Waals surface area (Å²) in [7, 11) is 0. The summed E-state index contributed by atoms with van der Waals surface area (Å²) in [5.41, 5.74) is 7.58. The lowest BCUT2D eigenvalue weighted by molar-refractivity contribution is 0.608. The molecule has 0 heterocycles. The number of rotatable bonds is 3. The molecule has 0 atom stereocenters. The third-order valence-electron chi connectivity index (χ3n) is 2.74. The number of nitrogens with two attached hydrogens (primary N) is 1. The van der Waals surface area contributed by atoms with E-state index in [1.807, 2.05) is 6.07 Å². The van der Waals surface area contributed by atoms with Crippen molar-refractivity contribution in [1.29, 1.82) is 0 Å². The zero-order valence-corrected chi connectivity index (χ0v) is 9.18. The molecular weight excluding hydrogens is 226 g/mol.